The molecule has 1 saturated carbocycles. The smallest absolute Gasteiger partial charge is 0.165 e. The Hall–Kier alpha value is -1.18. The SMILES string of the molecule is CC[C@@]12c3c4ccc(O)c3OC1CCCC2CC4. The fraction of sp³-hybridized carbons (Fsp3) is 0.625. The minimum Gasteiger partial charge on any atom is -0.504 e. The lowest BCUT2D eigenvalue weighted by atomic mass is 9.55. The van der Waals surface area contributed by atoms with E-state index in [1.807, 2.05) is 6.07 Å². The van der Waals surface area contributed by atoms with Crippen molar-refractivity contribution in [2.75, 3.05) is 0 Å². The number of aromatic hydroxyl groups is 1. The third-order valence-corrected chi connectivity index (χ3v) is 5.62. The topological polar surface area (TPSA) is 29.5 Å². The molecular formula is C16H20O2. The van der Waals surface area contributed by atoms with Crippen molar-refractivity contribution in [1.82, 2.24) is 0 Å². The van der Waals surface area contributed by atoms with Gasteiger partial charge >= 0.3 is 0 Å². The highest BCUT2D eigenvalue weighted by atomic mass is 16.5. The van der Waals surface area contributed by atoms with Crippen LogP contribution in [0.15, 0.2) is 12.1 Å². The molecule has 2 aliphatic carbocycles. The van der Waals surface area contributed by atoms with Gasteiger partial charge in [0.25, 0.3) is 0 Å². The molecule has 18 heavy (non-hydrogen) atoms. The van der Waals surface area contributed by atoms with E-state index in [4.69, 9.17) is 4.74 Å². The van der Waals surface area contributed by atoms with Gasteiger partial charge in [-0.2, -0.15) is 0 Å². The predicted octanol–water partition coefficient (Wildman–Crippen LogP) is 3.55. The zero-order valence-corrected chi connectivity index (χ0v) is 10.9. The van der Waals surface area contributed by atoms with E-state index in [0.717, 1.165) is 30.9 Å². The van der Waals surface area contributed by atoms with Crippen molar-refractivity contribution in [3.8, 4) is 11.5 Å². The van der Waals surface area contributed by atoms with Gasteiger partial charge in [-0.15, -0.1) is 0 Å². The first-order valence-electron chi connectivity index (χ1n) is 7.29. The molecule has 0 radical (unpaired) electrons. The molecule has 1 heterocycles. The van der Waals surface area contributed by atoms with Crippen LogP contribution in [0, 0.1) is 5.92 Å². The van der Waals surface area contributed by atoms with Crippen molar-refractivity contribution in [2.24, 2.45) is 5.92 Å². The average molecular weight is 244 g/mol. The van der Waals surface area contributed by atoms with Crippen molar-refractivity contribution in [3.63, 3.8) is 0 Å². The van der Waals surface area contributed by atoms with Gasteiger partial charge in [0.1, 0.15) is 6.10 Å². The molecular weight excluding hydrogens is 224 g/mol. The summed E-state index contributed by atoms with van der Waals surface area (Å²) in [6.45, 7) is 2.29. The highest BCUT2D eigenvalue weighted by Gasteiger charge is 2.57. The molecule has 2 nitrogen and oxygen atoms in total. The summed E-state index contributed by atoms with van der Waals surface area (Å²) >= 11 is 0. The second-order valence-electron chi connectivity index (χ2n) is 6.11. The summed E-state index contributed by atoms with van der Waals surface area (Å²) in [5.41, 5.74) is 3.00. The molecule has 2 unspecified atom stereocenters. The maximum Gasteiger partial charge on any atom is 0.165 e. The lowest BCUT2D eigenvalue weighted by molar-refractivity contribution is 0.0404. The molecule has 0 saturated heterocycles. The first-order valence-corrected chi connectivity index (χ1v) is 7.29. The number of hydrogen-bond donors (Lipinski definition) is 1. The number of hydrogen-bond acceptors (Lipinski definition) is 2. The largest absolute Gasteiger partial charge is 0.504 e. The molecule has 0 amide bonds. The average Bonchev–Trinajstić information content (AvgIpc) is 2.76. The molecule has 1 aromatic carbocycles. The Bertz CT molecular complexity index is 508. The molecule has 3 atom stereocenters. The third kappa shape index (κ3) is 1.05. The first kappa shape index (κ1) is 10.7. The van der Waals surface area contributed by atoms with Gasteiger partial charge in [-0.1, -0.05) is 13.0 Å². The number of rotatable bonds is 1. The zero-order valence-electron chi connectivity index (χ0n) is 10.9. The zero-order chi connectivity index (χ0) is 12.3. The Morgan fingerprint density at radius 1 is 1.33 bits per heavy atom. The molecule has 3 aliphatic rings. The minimum atomic E-state index is 0.208. The normalized spacial score (nSPS) is 36.1. The Labute approximate surface area is 108 Å². The van der Waals surface area contributed by atoms with Gasteiger partial charge in [0.2, 0.25) is 0 Å². The Kier molecular flexibility index (Phi) is 2.04. The summed E-state index contributed by atoms with van der Waals surface area (Å²) in [7, 11) is 0. The van der Waals surface area contributed by atoms with Crippen LogP contribution >= 0.6 is 0 Å². The molecule has 1 N–H and O–H groups in total. The van der Waals surface area contributed by atoms with Crippen LogP contribution < -0.4 is 4.74 Å². The quantitative estimate of drug-likeness (QED) is 0.818. The molecule has 0 bridgehead atoms. The van der Waals surface area contributed by atoms with E-state index in [-0.39, 0.29) is 5.41 Å². The molecule has 2 heteroatoms. The monoisotopic (exact) mass is 244 g/mol. The van der Waals surface area contributed by atoms with Crippen molar-refractivity contribution in [3.05, 3.63) is 23.3 Å². The number of aryl methyl sites for hydroxylation is 1. The molecule has 1 aliphatic heterocycles. The Balaban J connectivity index is 2.01. The van der Waals surface area contributed by atoms with Crippen LogP contribution in [0.4, 0.5) is 0 Å². The predicted molar refractivity (Wildman–Crippen MR) is 70.2 cm³/mol. The van der Waals surface area contributed by atoms with E-state index in [9.17, 15) is 5.11 Å². The van der Waals surface area contributed by atoms with Gasteiger partial charge in [0, 0.05) is 11.0 Å². The minimum absolute atomic E-state index is 0.208. The highest BCUT2D eigenvalue weighted by molar-refractivity contribution is 5.59. The van der Waals surface area contributed by atoms with Crippen LogP contribution in [0.25, 0.3) is 0 Å². The van der Waals surface area contributed by atoms with E-state index in [1.54, 1.807) is 0 Å². The van der Waals surface area contributed by atoms with Crippen molar-refractivity contribution in [2.45, 2.75) is 57.0 Å². The van der Waals surface area contributed by atoms with Gasteiger partial charge in [0.05, 0.1) is 0 Å². The summed E-state index contributed by atoms with van der Waals surface area (Å²) in [6, 6.07) is 3.93. The van der Waals surface area contributed by atoms with E-state index in [0.29, 0.717) is 11.9 Å². The summed E-state index contributed by atoms with van der Waals surface area (Å²) in [6.07, 6.45) is 7.67. The van der Waals surface area contributed by atoms with Crippen LogP contribution in [0.5, 0.6) is 11.5 Å². The number of benzene rings is 1. The molecule has 1 aromatic rings. The second-order valence-corrected chi connectivity index (χ2v) is 6.11. The highest BCUT2D eigenvalue weighted by Crippen LogP contribution is 2.61. The summed E-state index contributed by atoms with van der Waals surface area (Å²) < 4.78 is 6.18. The van der Waals surface area contributed by atoms with Gasteiger partial charge in [-0.25, -0.2) is 0 Å². The van der Waals surface area contributed by atoms with Crippen LogP contribution in [0.1, 0.15) is 50.2 Å². The van der Waals surface area contributed by atoms with E-state index in [1.165, 1.54) is 30.4 Å². The lowest BCUT2D eigenvalue weighted by Gasteiger charge is -2.47. The van der Waals surface area contributed by atoms with E-state index >= 15 is 0 Å². The second kappa shape index (κ2) is 3.43. The Morgan fingerprint density at radius 3 is 3.06 bits per heavy atom. The van der Waals surface area contributed by atoms with Crippen molar-refractivity contribution in [1.29, 1.82) is 0 Å². The van der Waals surface area contributed by atoms with Crippen LogP contribution in [-0.4, -0.2) is 11.2 Å². The first-order chi connectivity index (χ1) is 8.77. The van der Waals surface area contributed by atoms with Crippen molar-refractivity contribution >= 4 is 0 Å². The maximum absolute atomic E-state index is 10.1. The van der Waals surface area contributed by atoms with Crippen LogP contribution in [0.2, 0.25) is 0 Å². The van der Waals surface area contributed by atoms with Gasteiger partial charge in [-0.3, -0.25) is 0 Å². The molecule has 4 rings (SSSR count). The number of phenolic OH excluding ortho intramolecular Hbond substituents is 1. The Morgan fingerprint density at radius 2 is 2.22 bits per heavy atom. The lowest BCUT2D eigenvalue weighted by Crippen LogP contribution is -2.49. The third-order valence-electron chi connectivity index (χ3n) is 5.62. The fourth-order valence-corrected chi connectivity index (χ4v) is 4.87. The van der Waals surface area contributed by atoms with Crippen molar-refractivity contribution < 1.29 is 9.84 Å². The summed E-state index contributed by atoms with van der Waals surface area (Å²) in [5, 5.41) is 10.1. The van der Waals surface area contributed by atoms with Gasteiger partial charge in [0.15, 0.2) is 11.5 Å². The van der Waals surface area contributed by atoms with Gasteiger partial charge in [-0.05, 0) is 56.1 Å². The van der Waals surface area contributed by atoms with E-state index < -0.39 is 0 Å². The van der Waals surface area contributed by atoms with Crippen LogP contribution in [-0.2, 0) is 11.8 Å². The van der Waals surface area contributed by atoms with Crippen LogP contribution in [0.3, 0.4) is 0 Å². The van der Waals surface area contributed by atoms with Gasteiger partial charge < -0.3 is 9.84 Å². The van der Waals surface area contributed by atoms with E-state index in [2.05, 4.69) is 13.0 Å². The number of phenols is 1. The fourth-order valence-electron chi connectivity index (χ4n) is 4.87. The summed E-state index contributed by atoms with van der Waals surface area (Å²) in [4.78, 5) is 0. The molecule has 1 fully saturated rings. The molecule has 0 spiro atoms. The summed E-state index contributed by atoms with van der Waals surface area (Å²) in [5.74, 6) is 1.92. The standard InChI is InChI=1S/C16H20O2/c1-2-16-11-4-3-5-13(16)18-15-12(17)9-7-10(6-8-11)14(15)16/h7,9,11,13,17H,2-6,8H2,1H3/t11?,13?,16-/m0/s1. The molecule has 0 aromatic heterocycles. The maximum atomic E-state index is 10.1. The number of ether oxygens (including phenoxy) is 1. The molecule has 96 valence electrons.